The number of carbonyl (C=O) groups is 3. The van der Waals surface area contributed by atoms with Gasteiger partial charge in [0, 0.05) is 23.5 Å². The zero-order chi connectivity index (χ0) is 20.1. The summed E-state index contributed by atoms with van der Waals surface area (Å²) in [7, 11) is 0. The summed E-state index contributed by atoms with van der Waals surface area (Å²) in [6.07, 6.45) is 1.48. The molecule has 0 saturated carbocycles. The van der Waals surface area contributed by atoms with E-state index in [0.29, 0.717) is 11.3 Å². The molecular weight excluding hydrogens is 362 g/mol. The van der Waals surface area contributed by atoms with Gasteiger partial charge in [0.05, 0.1) is 12.8 Å². The van der Waals surface area contributed by atoms with Gasteiger partial charge in [0.2, 0.25) is 5.91 Å². The van der Waals surface area contributed by atoms with Gasteiger partial charge >= 0.3 is 5.97 Å². The molecule has 1 aliphatic heterocycles. The van der Waals surface area contributed by atoms with E-state index >= 15 is 0 Å². The second-order valence-electron chi connectivity index (χ2n) is 6.22. The number of carboxylic acid groups (broad SMARTS) is 1. The summed E-state index contributed by atoms with van der Waals surface area (Å²) < 4.78 is 0. The number of nitrogens with two attached hydrogens (primary N) is 1. The molecule has 0 atom stereocenters. The van der Waals surface area contributed by atoms with E-state index in [0.717, 1.165) is 16.8 Å². The average molecular weight is 381 g/mol. The summed E-state index contributed by atoms with van der Waals surface area (Å²) in [5.74, 6) is 3.43. The number of amides is 2. The third-order valence-corrected chi connectivity index (χ3v) is 4.23. The Morgan fingerprint density at radius 1 is 1.25 bits per heavy atom. The van der Waals surface area contributed by atoms with E-state index in [1.54, 1.807) is 42.5 Å². The predicted octanol–water partition coefficient (Wildman–Crippen LogP) is 1.07. The number of benzene rings is 2. The van der Waals surface area contributed by atoms with E-state index < -0.39 is 5.97 Å². The number of aliphatic carboxylic acids is 1. The number of hydrazone groups is 1. The van der Waals surface area contributed by atoms with Crippen molar-refractivity contribution in [1.82, 2.24) is 4.90 Å². The van der Waals surface area contributed by atoms with Gasteiger partial charge in [-0.3, -0.25) is 14.4 Å². The van der Waals surface area contributed by atoms with Crippen molar-refractivity contribution in [2.75, 3.05) is 23.7 Å². The Morgan fingerprint density at radius 2 is 2.00 bits per heavy atom. The zero-order valence-corrected chi connectivity index (χ0v) is 14.9. The third kappa shape index (κ3) is 4.44. The summed E-state index contributed by atoms with van der Waals surface area (Å²) in [6.45, 7) is -0.219. The fraction of sp³-hybridized carbons (Fsp3) is 0.158. The number of carbonyl (C=O) groups excluding carboxylic acids is 2. The molecule has 0 bridgehead atoms. The van der Waals surface area contributed by atoms with Gasteiger partial charge in [-0.25, -0.2) is 0 Å². The highest BCUT2D eigenvalue weighted by atomic mass is 16.4. The first kappa shape index (κ1) is 18.9. The lowest BCUT2D eigenvalue weighted by molar-refractivity contribution is -0.144. The van der Waals surface area contributed by atoms with Crippen molar-refractivity contribution in [3.8, 4) is 0 Å². The molecule has 0 spiro atoms. The zero-order valence-electron chi connectivity index (χ0n) is 14.9. The highest BCUT2D eigenvalue weighted by Crippen LogP contribution is 2.25. The number of hydrogen-bond acceptors (Lipinski definition) is 6. The van der Waals surface area contributed by atoms with Crippen LogP contribution in [0.1, 0.15) is 21.5 Å². The van der Waals surface area contributed by atoms with Crippen LogP contribution in [0.25, 0.3) is 0 Å². The van der Waals surface area contributed by atoms with Crippen molar-refractivity contribution in [2.45, 2.75) is 6.54 Å². The van der Waals surface area contributed by atoms with Gasteiger partial charge < -0.3 is 26.5 Å². The van der Waals surface area contributed by atoms with Crippen LogP contribution in [0, 0.1) is 0 Å². The van der Waals surface area contributed by atoms with E-state index in [4.69, 9.17) is 10.9 Å². The van der Waals surface area contributed by atoms with Crippen molar-refractivity contribution in [3.63, 3.8) is 0 Å². The third-order valence-electron chi connectivity index (χ3n) is 4.23. The molecule has 1 aliphatic rings. The molecule has 0 radical (unpaired) electrons. The number of hydrogen-bond donors (Lipinski definition) is 4. The van der Waals surface area contributed by atoms with Crippen LogP contribution in [0.4, 0.5) is 11.4 Å². The summed E-state index contributed by atoms with van der Waals surface area (Å²) >= 11 is 0. The van der Waals surface area contributed by atoms with E-state index in [2.05, 4.69) is 15.7 Å². The number of fused-ring (bicyclic) bond motifs is 1. The molecule has 5 N–H and O–H groups in total. The monoisotopic (exact) mass is 381 g/mol. The first-order valence-corrected chi connectivity index (χ1v) is 8.47. The Bertz CT molecular complexity index is 940. The number of carboxylic acids is 1. The Kier molecular flexibility index (Phi) is 5.54. The molecule has 9 nitrogen and oxygen atoms in total. The van der Waals surface area contributed by atoms with Crippen molar-refractivity contribution >= 4 is 35.4 Å². The van der Waals surface area contributed by atoms with E-state index in [1.807, 2.05) is 0 Å². The molecular formula is C19H19N5O4. The maximum atomic E-state index is 12.5. The quantitative estimate of drug-likeness (QED) is 0.347. The summed E-state index contributed by atoms with van der Waals surface area (Å²) in [4.78, 5) is 36.7. The van der Waals surface area contributed by atoms with Crippen molar-refractivity contribution in [2.24, 2.45) is 10.9 Å². The maximum absolute atomic E-state index is 12.5. The lowest BCUT2D eigenvalue weighted by Crippen LogP contribution is -2.36. The molecule has 0 aliphatic carbocycles. The molecule has 2 aromatic rings. The molecule has 1 heterocycles. The maximum Gasteiger partial charge on any atom is 0.323 e. The van der Waals surface area contributed by atoms with Crippen LogP contribution in [-0.4, -0.2) is 47.1 Å². The van der Waals surface area contributed by atoms with Gasteiger partial charge in [-0.1, -0.05) is 12.1 Å². The largest absolute Gasteiger partial charge is 0.480 e. The minimum atomic E-state index is -1.08. The van der Waals surface area contributed by atoms with Gasteiger partial charge in [0.25, 0.3) is 5.91 Å². The van der Waals surface area contributed by atoms with Crippen LogP contribution in [0.5, 0.6) is 0 Å². The average Bonchev–Trinajstić information content (AvgIpc) is 2.81. The molecule has 2 aromatic carbocycles. The van der Waals surface area contributed by atoms with Crippen LogP contribution >= 0.6 is 0 Å². The first-order valence-electron chi connectivity index (χ1n) is 8.47. The standard InChI is InChI=1S/C19H19N5O4/c20-22-8-12-1-3-13(4-2-12)19(28)23-15-5-6-16-14(7-15)10-24(11-18(26)27)17(25)9-21-16/h1-8,21H,9-11,20H2,(H,23,28)(H,26,27). The number of rotatable bonds is 5. The van der Waals surface area contributed by atoms with Crippen LogP contribution < -0.4 is 16.5 Å². The summed E-state index contributed by atoms with van der Waals surface area (Å²) in [5.41, 5.74) is 3.23. The SMILES string of the molecule is NN=Cc1ccc(C(=O)Nc2ccc3c(c2)CN(CC(=O)O)C(=O)CN3)cc1. The smallest absolute Gasteiger partial charge is 0.323 e. The Labute approximate surface area is 160 Å². The van der Waals surface area contributed by atoms with E-state index in [9.17, 15) is 14.4 Å². The van der Waals surface area contributed by atoms with Crippen LogP contribution in [0.3, 0.4) is 0 Å². The summed E-state index contributed by atoms with van der Waals surface area (Å²) in [5, 5.41) is 18.2. The highest BCUT2D eigenvalue weighted by Gasteiger charge is 2.22. The minimum absolute atomic E-state index is 0.0183. The van der Waals surface area contributed by atoms with Gasteiger partial charge in [0.1, 0.15) is 6.54 Å². The lowest BCUT2D eigenvalue weighted by Gasteiger charge is -2.18. The van der Waals surface area contributed by atoms with Gasteiger partial charge in [-0.15, -0.1) is 0 Å². The first-order chi connectivity index (χ1) is 13.5. The minimum Gasteiger partial charge on any atom is -0.480 e. The molecule has 9 heteroatoms. The van der Waals surface area contributed by atoms with Crippen LogP contribution in [0.15, 0.2) is 47.6 Å². The summed E-state index contributed by atoms with van der Waals surface area (Å²) in [6, 6.07) is 12.0. The Balaban J connectivity index is 1.76. The van der Waals surface area contributed by atoms with Crippen molar-refractivity contribution in [1.29, 1.82) is 0 Å². The fourth-order valence-corrected chi connectivity index (χ4v) is 2.87. The molecule has 3 rings (SSSR count). The predicted molar refractivity (Wildman–Crippen MR) is 104 cm³/mol. The van der Waals surface area contributed by atoms with E-state index in [-0.39, 0.29) is 31.4 Å². The topological polar surface area (TPSA) is 137 Å². The van der Waals surface area contributed by atoms with Crippen molar-refractivity contribution in [3.05, 3.63) is 59.2 Å². The number of nitrogens with zero attached hydrogens (tertiary/aromatic N) is 2. The Hall–Kier alpha value is -3.88. The highest BCUT2D eigenvalue weighted by molar-refractivity contribution is 6.04. The van der Waals surface area contributed by atoms with Gasteiger partial charge in [-0.2, -0.15) is 5.10 Å². The number of anilines is 2. The lowest BCUT2D eigenvalue weighted by atomic mass is 10.1. The van der Waals surface area contributed by atoms with Crippen molar-refractivity contribution < 1.29 is 19.5 Å². The second kappa shape index (κ2) is 8.21. The fourth-order valence-electron chi connectivity index (χ4n) is 2.87. The molecule has 0 unspecified atom stereocenters. The van der Waals surface area contributed by atoms with Gasteiger partial charge in [0.15, 0.2) is 0 Å². The molecule has 0 aromatic heterocycles. The molecule has 0 fully saturated rings. The molecule has 2 amide bonds. The molecule has 0 saturated heterocycles. The Morgan fingerprint density at radius 3 is 2.68 bits per heavy atom. The van der Waals surface area contributed by atoms with E-state index in [1.165, 1.54) is 11.1 Å². The molecule has 144 valence electrons. The normalized spacial score (nSPS) is 13.6. The van der Waals surface area contributed by atoms with Crippen LogP contribution in [0.2, 0.25) is 0 Å². The molecule has 28 heavy (non-hydrogen) atoms. The number of nitrogens with one attached hydrogen (secondary N) is 2. The van der Waals surface area contributed by atoms with Crippen LogP contribution in [-0.2, 0) is 16.1 Å². The van der Waals surface area contributed by atoms with Gasteiger partial charge in [-0.05, 0) is 41.5 Å². The second-order valence-corrected chi connectivity index (χ2v) is 6.22.